The zero-order valence-electron chi connectivity index (χ0n) is 19.3. The molecule has 0 aliphatic heterocycles. The fraction of sp³-hybridized carbons (Fsp3) is 0.280. The molecule has 0 fully saturated rings. The smallest absolute Gasteiger partial charge is 0.323 e. The zero-order chi connectivity index (χ0) is 23.9. The van der Waals surface area contributed by atoms with Gasteiger partial charge < -0.3 is 10.0 Å². The zero-order valence-corrected chi connectivity index (χ0v) is 20.1. The molecule has 4 rings (SSSR count). The molecule has 8 heteroatoms. The highest BCUT2D eigenvalue weighted by molar-refractivity contribution is 7.14. The highest BCUT2D eigenvalue weighted by Crippen LogP contribution is 2.37. The van der Waals surface area contributed by atoms with Crippen molar-refractivity contribution >= 4 is 34.1 Å². The number of amides is 1. The molecule has 0 radical (unpaired) electrons. The van der Waals surface area contributed by atoms with Crippen LogP contribution in [-0.2, 0) is 4.79 Å². The van der Waals surface area contributed by atoms with Crippen LogP contribution in [0.1, 0.15) is 46.3 Å². The quantitative estimate of drug-likeness (QED) is 0.433. The van der Waals surface area contributed by atoms with E-state index in [1.54, 1.807) is 16.0 Å². The van der Waals surface area contributed by atoms with Crippen LogP contribution in [0.25, 0.3) is 27.3 Å². The van der Waals surface area contributed by atoms with Gasteiger partial charge in [0.25, 0.3) is 5.91 Å². The van der Waals surface area contributed by atoms with Crippen LogP contribution in [0.4, 0.5) is 0 Å². The van der Waals surface area contributed by atoms with Crippen LogP contribution in [0, 0.1) is 13.8 Å². The summed E-state index contributed by atoms with van der Waals surface area (Å²) >= 11 is 1.55. The van der Waals surface area contributed by atoms with E-state index in [0.717, 1.165) is 37.7 Å². The van der Waals surface area contributed by atoms with E-state index in [0.29, 0.717) is 10.5 Å². The Morgan fingerprint density at radius 3 is 2.52 bits per heavy atom. The number of rotatable bonds is 6. The molecule has 0 unspecified atom stereocenters. The summed E-state index contributed by atoms with van der Waals surface area (Å²) in [6.45, 7) is 7.88. The highest BCUT2D eigenvalue weighted by atomic mass is 32.1. The van der Waals surface area contributed by atoms with Gasteiger partial charge >= 0.3 is 5.97 Å². The number of thiazole rings is 1. The van der Waals surface area contributed by atoms with Gasteiger partial charge in [-0.3, -0.25) is 9.59 Å². The molecule has 1 N–H and O–H groups in total. The summed E-state index contributed by atoms with van der Waals surface area (Å²) in [5.41, 5.74) is 5.08. The summed E-state index contributed by atoms with van der Waals surface area (Å²) in [6.07, 6.45) is 0. The van der Waals surface area contributed by atoms with Gasteiger partial charge in [0.1, 0.15) is 6.54 Å². The summed E-state index contributed by atoms with van der Waals surface area (Å²) in [5.74, 6) is -1.25. The molecule has 0 saturated carbocycles. The van der Waals surface area contributed by atoms with E-state index in [4.69, 9.17) is 10.1 Å². The van der Waals surface area contributed by atoms with E-state index in [1.165, 1.54) is 7.05 Å². The van der Waals surface area contributed by atoms with E-state index >= 15 is 0 Å². The fourth-order valence-electron chi connectivity index (χ4n) is 3.79. The number of carbonyl (C=O) groups excluding carboxylic acids is 1. The third-order valence-corrected chi connectivity index (χ3v) is 6.73. The van der Waals surface area contributed by atoms with Gasteiger partial charge in [0.05, 0.1) is 11.2 Å². The standard InChI is InChI=1S/C25H26N4O3S/c1-14(2)23-21(17-8-6-7-15(3)11-17)26-25(33-23)29-19-10-9-16(4)12-18(19)22(27-29)24(32)28(5)13-20(30)31/h6-12,14H,13H2,1-5H3,(H,30,31). The van der Waals surface area contributed by atoms with E-state index < -0.39 is 18.4 Å². The van der Waals surface area contributed by atoms with Crippen LogP contribution < -0.4 is 0 Å². The number of aromatic nitrogens is 3. The lowest BCUT2D eigenvalue weighted by Gasteiger charge is -2.12. The van der Waals surface area contributed by atoms with Crippen molar-refractivity contribution in [3.63, 3.8) is 0 Å². The molecule has 2 aromatic heterocycles. The Morgan fingerprint density at radius 2 is 1.85 bits per heavy atom. The first-order valence-electron chi connectivity index (χ1n) is 10.7. The molecule has 33 heavy (non-hydrogen) atoms. The number of aliphatic carboxylic acids is 1. The second-order valence-corrected chi connectivity index (χ2v) is 9.58. The van der Waals surface area contributed by atoms with Gasteiger partial charge in [0.15, 0.2) is 5.69 Å². The number of hydrogen-bond acceptors (Lipinski definition) is 5. The first-order chi connectivity index (χ1) is 15.7. The Kier molecular flexibility index (Phi) is 6.03. The summed E-state index contributed by atoms with van der Waals surface area (Å²) < 4.78 is 1.70. The molecule has 2 heterocycles. The Hall–Kier alpha value is -3.52. The van der Waals surface area contributed by atoms with Gasteiger partial charge in [-0.15, -0.1) is 0 Å². The van der Waals surface area contributed by atoms with Gasteiger partial charge in [-0.1, -0.05) is 60.6 Å². The first kappa shape index (κ1) is 22.7. The number of fused-ring (bicyclic) bond motifs is 1. The molecule has 0 saturated heterocycles. The largest absolute Gasteiger partial charge is 0.480 e. The molecule has 0 atom stereocenters. The van der Waals surface area contributed by atoms with Crippen LogP contribution in [-0.4, -0.2) is 50.2 Å². The average molecular weight is 463 g/mol. The van der Waals surface area contributed by atoms with Gasteiger partial charge in [-0.25, -0.2) is 9.67 Å². The maximum Gasteiger partial charge on any atom is 0.323 e. The van der Waals surface area contributed by atoms with Crippen molar-refractivity contribution < 1.29 is 14.7 Å². The normalized spacial score (nSPS) is 11.3. The maximum absolute atomic E-state index is 13.1. The summed E-state index contributed by atoms with van der Waals surface area (Å²) in [6, 6.07) is 14.0. The fourth-order valence-corrected chi connectivity index (χ4v) is 4.85. The monoisotopic (exact) mass is 462 g/mol. The lowest BCUT2D eigenvalue weighted by atomic mass is 10.0. The second kappa shape index (κ2) is 8.78. The Balaban J connectivity index is 1.89. The third-order valence-electron chi connectivity index (χ3n) is 5.40. The van der Waals surface area contributed by atoms with E-state index in [9.17, 15) is 9.59 Å². The van der Waals surface area contributed by atoms with E-state index in [-0.39, 0.29) is 11.6 Å². The van der Waals surface area contributed by atoms with Crippen molar-refractivity contribution in [1.29, 1.82) is 0 Å². The number of nitrogens with zero attached hydrogens (tertiary/aromatic N) is 4. The van der Waals surface area contributed by atoms with Crippen LogP contribution in [0.2, 0.25) is 0 Å². The molecule has 0 spiro atoms. The summed E-state index contributed by atoms with van der Waals surface area (Å²) in [5, 5.41) is 15.1. The van der Waals surface area contributed by atoms with Gasteiger partial charge in [0, 0.05) is 22.9 Å². The molecule has 0 aliphatic rings. The van der Waals surface area contributed by atoms with Crippen LogP contribution in [0.15, 0.2) is 42.5 Å². The van der Waals surface area contributed by atoms with E-state index in [1.807, 2.05) is 31.2 Å². The number of aryl methyl sites for hydroxylation is 2. The van der Waals surface area contributed by atoms with Crippen LogP contribution in [0.5, 0.6) is 0 Å². The minimum absolute atomic E-state index is 0.218. The molecule has 0 bridgehead atoms. The highest BCUT2D eigenvalue weighted by Gasteiger charge is 2.25. The molecular formula is C25H26N4O3S. The van der Waals surface area contributed by atoms with Gasteiger partial charge in [-0.2, -0.15) is 5.10 Å². The van der Waals surface area contributed by atoms with Crippen molar-refractivity contribution in [3.8, 4) is 16.4 Å². The van der Waals surface area contributed by atoms with Crippen LogP contribution >= 0.6 is 11.3 Å². The predicted molar refractivity (Wildman–Crippen MR) is 130 cm³/mol. The third kappa shape index (κ3) is 4.39. The van der Waals surface area contributed by atoms with Gasteiger partial charge in [0.2, 0.25) is 5.13 Å². The predicted octanol–water partition coefficient (Wildman–Crippen LogP) is 5.05. The Morgan fingerprint density at radius 1 is 1.12 bits per heavy atom. The van der Waals surface area contributed by atoms with E-state index in [2.05, 4.69) is 44.1 Å². The molecule has 170 valence electrons. The molecule has 2 aromatic carbocycles. The minimum atomic E-state index is -1.07. The van der Waals surface area contributed by atoms with Crippen molar-refractivity contribution in [3.05, 3.63) is 64.2 Å². The van der Waals surface area contributed by atoms with Crippen molar-refractivity contribution in [2.24, 2.45) is 0 Å². The van der Waals surface area contributed by atoms with Crippen LogP contribution in [0.3, 0.4) is 0 Å². The Bertz CT molecular complexity index is 1370. The van der Waals surface area contributed by atoms with Crippen molar-refractivity contribution in [2.75, 3.05) is 13.6 Å². The van der Waals surface area contributed by atoms with Crippen molar-refractivity contribution in [1.82, 2.24) is 19.7 Å². The lowest BCUT2D eigenvalue weighted by molar-refractivity contribution is -0.137. The Labute approximate surface area is 196 Å². The van der Waals surface area contributed by atoms with Crippen molar-refractivity contribution in [2.45, 2.75) is 33.6 Å². The number of hydrogen-bond donors (Lipinski definition) is 1. The molecule has 4 aromatic rings. The molecular weight excluding hydrogens is 436 g/mol. The number of carboxylic acids is 1. The number of likely N-dealkylation sites (N-methyl/N-ethyl adjacent to an activating group) is 1. The van der Waals surface area contributed by atoms with Gasteiger partial charge in [-0.05, 0) is 38.0 Å². The number of carboxylic acid groups (broad SMARTS) is 1. The molecule has 1 amide bonds. The lowest BCUT2D eigenvalue weighted by Crippen LogP contribution is -2.32. The topological polar surface area (TPSA) is 88.3 Å². The number of benzene rings is 2. The summed E-state index contributed by atoms with van der Waals surface area (Å²) in [4.78, 5) is 31.4. The minimum Gasteiger partial charge on any atom is -0.480 e. The average Bonchev–Trinajstić information content (AvgIpc) is 3.34. The SMILES string of the molecule is Cc1cccc(-c2nc(-n3nc(C(=O)N(C)CC(=O)O)c4cc(C)ccc43)sc2C(C)C)c1. The number of carbonyl (C=O) groups is 2. The first-order valence-corrected chi connectivity index (χ1v) is 11.5. The maximum atomic E-state index is 13.1. The molecule has 7 nitrogen and oxygen atoms in total. The second-order valence-electron chi connectivity index (χ2n) is 8.57. The molecule has 0 aliphatic carbocycles. The summed E-state index contributed by atoms with van der Waals surface area (Å²) in [7, 11) is 1.47.